The third kappa shape index (κ3) is 3.08. The maximum Gasteiger partial charge on any atom is 0.246 e. The Morgan fingerprint density at radius 1 is 1.32 bits per heavy atom. The third-order valence-corrected chi connectivity index (χ3v) is 4.28. The summed E-state index contributed by atoms with van der Waals surface area (Å²) < 4.78 is 5.14. The number of anilines is 1. The van der Waals surface area contributed by atoms with Crippen molar-refractivity contribution in [2.75, 3.05) is 4.90 Å². The number of hydrogen-bond acceptors (Lipinski definition) is 5. The van der Waals surface area contributed by atoms with Crippen LogP contribution in [0.15, 0.2) is 57.3 Å². The van der Waals surface area contributed by atoms with Crippen molar-refractivity contribution in [3.63, 3.8) is 0 Å². The molecule has 1 amide bonds. The van der Waals surface area contributed by atoms with E-state index in [1.807, 2.05) is 6.92 Å². The molecular weight excluding hydrogens is 322 g/mol. The van der Waals surface area contributed by atoms with Gasteiger partial charge in [0.1, 0.15) is 5.76 Å². The molecule has 3 rings (SSSR count). The van der Waals surface area contributed by atoms with Gasteiger partial charge in [0.05, 0.1) is 23.4 Å². The van der Waals surface area contributed by atoms with Crippen molar-refractivity contribution in [1.82, 2.24) is 0 Å². The molecule has 2 aromatic rings. The Bertz CT molecular complexity index is 726. The van der Waals surface area contributed by atoms with Crippen LogP contribution < -0.4 is 4.90 Å². The Hall–Kier alpha value is -2.05. The molecule has 0 aliphatic carbocycles. The summed E-state index contributed by atoms with van der Waals surface area (Å²) in [5, 5.41) is 9.07. The number of thioether (sulfide) groups is 1. The van der Waals surface area contributed by atoms with E-state index >= 15 is 0 Å². The molecule has 1 atom stereocenters. The lowest BCUT2D eigenvalue weighted by Crippen LogP contribution is -2.31. The highest BCUT2D eigenvalue weighted by molar-refractivity contribution is 8.16. The van der Waals surface area contributed by atoms with Gasteiger partial charge in [0, 0.05) is 5.02 Å². The van der Waals surface area contributed by atoms with E-state index in [1.54, 1.807) is 47.6 Å². The van der Waals surface area contributed by atoms with Gasteiger partial charge < -0.3 is 4.42 Å². The van der Waals surface area contributed by atoms with Gasteiger partial charge in [0.2, 0.25) is 5.91 Å². The van der Waals surface area contributed by atoms with Crippen LogP contribution in [0.25, 0.3) is 0 Å². The summed E-state index contributed by atoms with van der Waals surface area (Å²) in [4.78, 5) is 13.9. The van der Waals surface area contributed by atoms with Gasteiger partial charge in [-0.3, -0.25) is 9.69 Å². The lowest BCUT2D eigenvalue weighted by molar-refractivity contribution is -0.116. The molecule has 0 N–H and O–H groups in total. The van der Waals surface area contributed by atoms with Gasteiger partial charge in [-0.25, -0.2) is 0 Å². The number of nitrogens with zero attached hydrogens (tertiary/aromatic N) is 3. The SMILES string of the molecule is CC1S/C(=N/N=C\c2ccco2)N(c2ccc(Cl)cc2)C1=O. The first-order chi connectivity index (χ1) is 10.6. The molecular formula is C15H12ClN3O2S. The van der Waals surface area contributed by atoms with Crippen LogP contribution >= 0.6 is 23.4 Å². The van der Waals surface area contributed by atoms with E-state index in [4.69, 9.17) is 16.0 Å². The number of benzene rings is 1. The van der Waals surface area contributed by atoms with Crippen LogP contribution in [0.4, 0.5) is 5.69 Å². The molecule has 7 heteroatoms. The summed E-state index contributed by atoms with van der Waals surface area (Å²) in [6, 6.07) is 10.6. The lowest BCUT2D eigenvalue weighted by Gasteiger charge is -2.15. The fraction of sp³-hybridized carbons (Fsp3) is 0.133. The molecule has 2 heterocycles. The van der Waals surface area contributed by atoms with Crippen LogP contribution in [0.3, 0.4) is 0 Å². The molecule has 1 fully saturated rings. The van der Waals surface area contributed by atoms with Gasteiger partial charge in [-0.15, -0.1) is 5.10 Å². The summed E-state index contributed by atoms with van der Waals surface area (Å²) >= 11 is 7.25. The van der Waals surface area contributed by atoms with Crippen molar-refractivity contribution in [1.29, 1.82) is 0 Å². The molecule has 112 valence electrons. The minimum Gasteiger partial charge on any atom is -0.463 e. The molecule has 5 nitrogen and oxygen atoms in total. The summed E-state index contributed by atoms with van der Waals surface area (Å²) in [6.45, 7) is 1.84. The van der Waals surface area contributed by atoms with E-state index in [-0.39, 0.29) is 11.2 Å². The number of carbonyl (C=O) groups is 1. The van der Waals surface area contributed by atoms with Crippen LogP contribution in [0.1, 0.15) is 12.7 Å². The Balaban J connectivity index is 1.88. The van der Waals surface area contributed by atoms with Gasteiger partial charge in [-0.05, 0) is 43.3 Å². The molecule has 0 radical (unpaired) electrons. The predicted octanol–water partition coefficient (Wildman–Crippen LogP) is 3.79. The van der Waals surface area contributed by atoms with Crippen molar-refractivity contribution in [2.45, 2.75) is 12.2 Å². The second-order valence-corrected chi connectivity index (χ2v) is 6.30. The van der Waals surface area contributed by atoms with E-state index < -0.39 is 0 Å². The third-order valence-electron chi connectivity index (χ3n) is 3.00. The van der Waals surface area contributed by atoms with E-state index in [9.17, 15) is 4.79 Å². The number of rotatable bonds is 3. The summed E-state index contributed by atoms with van der Waals surface area (Å²) in [5.74, 6) is 0.573. The van der Waals surface area contributed by atoms with Gasteiger partial charge in [-0.1, -0.05) is 23.4 Å². The Labute approximate surface area is 136 Å². The molecule has 1 aromatic heterocycles. The number of amides is 1. The van der Waals surface area contributed by atoms with Crippen molar-refractivity contribution >= 4 is 46.3 Å². The average Bonchev–Trinajstić information content (AvgIpc) is 3.10. The zero-order chi connectivity index (χ0) is 15.5. The molecule has 0 spiro atoms. The zero-order valence-electron chi connectivity index (χ0n) is 11.6. The number of hydrogen-bond donors (Lipinski definition) is 0. The zero-order valence-corrected chi connectivity index (χ0v) is 13.2. The summed E-state index contributed by atoms with van der Waals surface area (Å²) in [6.07, 6.45) is 3.06. The first-order valence-electron chi connectivity index (χ1n) is 6.56. The fourth-order valence-electron chi connectivity index (χ4n) is 1.93. The van der Waals surface area contributed by atoms with Gasteiger partial charge in [0.15, 0.2) is 5.17 Å². The van der Waals surface area contributed by atoms with E-state index in [0.29, 0.717) is 16.0 Å². The standard InChI is InChI=1S/C15H12ClN3O2S/c1-10-14(20)19(12-6-4-11(16)5-7-12)15(22-10)18-17-9-13-3-2-8-21-13/h2-10H,1H3/b17-9-,18-15+. The van der Waals surface area contributed by atoms with Crippen LogP contribution in [0.5, 0.6) is 0 Å². The highest BCUT2D eigenvalue weighted by Crippen LogP contribution is 2.32. The van der Waals surface area contributed by atoms with Crippen molar-refractivity contribution in [2.24, 2.45) is 10.2 Å². The maximum absolute atomic E-state index is 12.3. The van der Waals surface area contributed by atoms with Crippen LogP contribution in [0.2, 0.25) is 5.02 Å². The average molecular weight is 334 g/mol. The van der Waals surface area contributed by atoms with Crippen molar-refractivity contribution in [3.05, 3.63) is 53.4 Å². The minimum absolute atomic E-state index is 0.0285. The first kappa shape index (κ1) is 14.9. The van der Waals surface area contributed by atoms with Crippen molar-refractivity contribution < 1.29 is 9.21 Å². The van der Waals surface area contributed by atoms with Crippen LogP contribution in [0, 0.1) is 0 Å². The minimum atomic E-state index is -0.201. The lowest BCUT2D eigenvalue weighted by atomic mass is 10.3. The number of amidine groups is 1. The van der Waals surface area contributed by atoms with E-state index in [1.165, 1.54) is 18.0 Å². The van der Waals surface area contributed by atoms with E-state index in [2.05, 4.69) is 10.2 Å². The molecule has 1 aliphatic heterocycles. The van der Waals surface area contributed by atoms with Gasteiger partial charge in [-0.2, -0.15) is 5.10 Å². The van der Waals surface area contributed by atoms with Crippen molar-refractivity contribution in [3.8, 4) is 0 Å². The summed E-state index contributed by atoms with van der Waals surface area (Å²) in [7, 11) is 0. The Morgan fingerprint density at radius 3 is 2.77 bits per heavy atom. The Morgan fingerprint density at radius 2 is 2.09 bits per heavy atom. The smallest absolute Gasteiger partial charge is 0.246 e. The van der Waals surface area contributed by atoms with Crippen LogP contribution in [-0.4, -0.2) is 22.5 Å². The first-order valence-corrected chi connectivity index (χ1v) is 7.81. The second-order valence-electron chi connectivity index (χ2n) is 4.55. The molecule has 22 heavy (non-hydrogen) atoms. The largest absolute Gasteiger partial charge is 0.463 e. The maximum atomic E-state index is 12.3. The quantitative estimate of drug-likeness (QED) is 0.634. The second kappa shape index (κ2) is 6.37. The monoisotopic (exact) mass is 333 g/mol. The predicted molar refractivity (Wildman–Crippen MR) is 89.7 cm³/mol. The number of carbonyl (C=O) groups excluding carboxylic acids is 1. The number of furan rings is 1. The topological polar surface area (TPSA) is 58.2 Å². The molecule has 1 unspecified atom stereocenters. The highest BCUT2D eigenvalue weighted by Gasteiger charge is 2.36. The fourth-order valence-corrected chi connectivity index (χ4v) is 2.98. The molecule has 0 saturated carbocycles. The Kier molecular flexibility index (Phi) is 4.31. The molecule has 1 aliphatic rings. The molecule has 1 saturated heterocycles. The molecule has 0 bridgehead atoms. The highest BCUT2D eigenvalue weighted by atomic mass is 35.5. The summed E-state index contributed by atoms with van der Waals surface area (Å²) in [5.41, 5.74) is 0.721. The number of halogens is 1. The molecule has 1 aromatic carbocycles. The van der Waals surface area contributed by atoms with Crippen LogP contribution in [-0.2, 0) is 4.79 Å². The van der Waals surface area contributed by atoms with Gasteiger partial charge >= 0.3 is 0 Å². The normalized spacial score (nSPS) is 20.5. The van der Waals surface area contributed by atoms with Gasteiger partial charge in [0.25, 0.3) is 0 Å². The van der Waals surface area contributed by atoms with E-state index in [0.717, 1.165) is 5.69 Å².